The highest BCUT2D eigenvalue weighted by Crippen LogP contribution is 2.22. The highest BCUT2D eigenvalue weighted by molar-refractivity contribution is 5.50. The third-order valence-corrected chi connectivity index (χ3v) is 1.78. The molecule has 0 spiro atoms. The summed E-state index contributed by atoms with van der Waals surface area (Å²) in [4.78, 5) is 0. The van der Waals surface area contributed by atoms with Gasteiger partial charge in [0.1, 0.15) is 11.8 Å². The van der Waals surface area contributed by atoms with Crippen molar-refractivity contribution in [3.8, 4) is 11.8 Å². The molecule has 0 saturated carbocycles. The molecule has 0 radical (unpaired) electrons. The van der Waals surface area contributed by atoms with E-state index in [-0.39, 0.29) is 0 Å². The van der Waals surface area contributed by atoms with Gasteiger partial charge in [-0.3, -0.25) is 0 Å². The van der Waals surface area contributed by atoms with Crippen molar-refractivity contribution in [3.63, 3.8) is 0 Å². The van der Waals surface area contributed by atoms with Crippen LogP contribution >= 0.6 is 0 Å². The van der Waals surface area contributed by atoms with E-state index in [0.29, 0.717) is 11.3 Å². The monoisotopic (exact) mass is 161 g/mol. The fourth-order valence-corrected chi connectivity index (χ4v) is 1.23. The van der Waals surface area contributed by atoms with E-state index in [4.69, 9.17) is 10.00 Å². The fourth-order valence-electron chi connectivity index (χ4n) is 1.23. The molecular weight excluding hydrogens is 150 g/mol. The van der Waals surface area contributed by atoms with Crippen LogP contribution in [0.1, 0.15) is 16.7 Å². The summed E-state index contributed by atoms with van der Waals surface area (Å²) in [7, 11) is 1.58. The molecule has 62 valence electrons. The number of hydrogen-bond donors (Lipinski definition) is 0. The molecule has 0 aliphatic rings. The number of nitriles is 1. The van der Waals surface area contributed by atoms with Crippen LogP contribution in [0.5, 0.6) is 5.75 Å². The molecule has 1 rings (SSSR count). The first-order chi connectivity index (χ1) is 5.69. The molecule has 0 unspecified atom stereocenters. The molecule has 0 aliphatic carbocycles. The minimum absolute atomic E-state index is 0.628. The SMILES string of the molecule is COc1cc(C)cc(C)c1C#N. The number of hydrogen-bond acceptors (Lipinski definition) is 2. The van der Waals surface area contributed by atoms with Crippen LogP contribution < -0.4 is 4.74 Å². The third kappa shape index (κ3) is 1.40. The molecule has 0 aromatic heterocycles. The fraction of sp³-hybridized carbons (Fsp3) is 0.300. The van der Waals surface area contributed by atoms with Crippen LogP contribution in [-0.4, -0.2) is 7.11 Å². The van der Waals surface area contributed by atoms with Gasteiger partial charge in [-0.25, -0.2) is 0 Å². The summed E-state index contributed by atoms with van der Waals surface area (Å²) >= 11 is 0. The van der Waals surface area contributed by atoms with E-state index in [1.165, 1.54) is 0 Å². The van der Waals surface area contributed by atoms with Gasteiger partial charge in [-0.2, -0.15) is 5.26 Å². The molecular formula is C10H11NO. The summed E-state index contributed by atoms with van der Waals surface area (Å²) < 4.78 is 5.08. The van der Waals surface area contributed by atoms with Crippen LogP contribution in [0.15, 0.2) is 12.1 Å². The van der Waals surface area contributed by atoms with Gasteiger partial charge in [-0.1, -0.05) is 6.07 Å². The van der Waals surface area contributed by atoms with Gasteiger partial charge in [-0.05, 0) is 31.0 Å². The van der Waals surface area contributed by atoms with E-state index in [0.717, 1.165) is 11.1 Å². The van der Waals surface area contributed by atoms with Crippen molar-refractivity contribution >= 4 is 0 Å². The van der Waals surface area contributed by atoms with Crippen LogP contribution in [0.25, 0.3) is 0 Å². The molecule has 1 aromatic carbocycles. The lowest BCUT2D eigenvalue weighted by molar-refractivity contribution is 0.413. The molecule has 0 aliphatic heterocycles. The molecule has 2 nitrogen and oxygen atoms in total. The first-order valence-corrected chi connectivity index (χ1v) is 3.74. The quantitative estimate of drug-likeness (QED) is 0.632. The molecule has 0 heterocycles. The Balaban J connectivity index is 3.36. The van der Waals surface area contributed by atoms with Crippen molar-refractivity contribution in [2.75, 3.05) is 7.11 Å². The summed E-state index contributed by atoms with van der Waals surface area (Å²) in [5.41, 5.74) is 2.71. The van der Waals surface area contributed by atoms with Crippen LogP contribution in [0.2, 0.25) is 0 Å². The zero-order valence-corrected chi connectivity index (χ0v) is 7.51. The summed E-state index contributed by atoms with van der Waals surface area (Å²) in [6.07, 6.45) is 0. The van der Waals surface area contributed by atoms with E-state index in [1.807, 2.05) is 26.0 Å². The van der Waals surface area contributed by atoms with Crippen molar-refractivity contribution in [1.29, 1.82) is 5.26 Å². The maximum atomic E-state index is 8.79. The number of methoxy groups -OCH3 is 1. The predicted octanol–water partition coefficient (Wildman–Crippen LogP) is 2.18. The Morgan fingerprint density at radius 2 is 2.00 bits per heavy atom. The number of benzene rings is 1. The topological polar surface area (TPSA) is 33.0 Å². The first kappa shape index (κ1) is 8.61. The van der Waals surface area contributed by atoms with E-state index in [9.17, 15) is 0 Å². The summed E-state index contributed by atoms with van der Waals surface area (Å²) in [5.74, 6) is 0.662. The molecule has 2 heteroatoms. The normalized spacial score (nSPS) is 9.17. The summed E-state index contributed by atoms with van der Waals surface area (Å²) in [6.45, 7) is 3.89. The number of nitrogens with zero attached hydrogens (tertiary/aromatic N) is 1. The van der Waals surface area contributed by atoms with E-state index in [2.05, 4.69) is 6.07 Å². The van der Waals surface area contributed by atoms with Crippen LogP contribution in [0, 0.1) is 25.2 Å². The maximum absolute atomic E-state index is 8.79. The zero-order valence-electron chi connectivity index (χ0n) is 7.51. The van der Waals surface area contributed by atoms with Gasteiger partial charge in [0.25, 0.3) is 0 Å². The van der Waals surface area contributed by atoms with E-state index < -0.39 is 0 Å². The van der Waals surface area contributed by atoms with Gasteiger partial charge in [0.05, 0.1) is 12.7 Å². The Hall–Kier alpha value is -1.49. The molecule has 0 saturated heterocycles. The van der Waals surface area contributed by atoms with Crippen molar-refractivity contribution in [3.05, 3.63) is 28.8 Å². The summed E-state index contributed by atoms with van der Waals surface area (Å²) in [6, 6.07) is 5.96. The minimum Gasteiger partial charge on any atom is -0.495 e. The van der Waals surface area contributed by atoms with E-state index >= 15 is 0 Å². The highest BCUT2D eigenvalue weighted by atomic mass is 16.5. The van der Waals surface area contributed by atoms with Crippen molar-refractivity contribution in [1.82, 2.24) is 0 Å². The molecule has 0 N–H and O–H groups in total. The average Bonchev–Trinajstić information content (AvgIpc) is 2.03. The minimum atomic E-state index is 0.628. The number of aryl methyl sites for hydroxylation is 2. The highest BCUT2D eigenvalue weighted by Gasteiger charge is 2.05. The molecule has 0 fully saturated rings. The van der Waals surface area contributed by atoms with Gasteiger partial charge < -0.3 is 4.74 Å². The molecule has 1 aromatic rings. The largest absolute Gasteiger partial charge is 0.495 e. The predicted molar refractivity (Wildman–Crippen MR) is 47.2 cm³/mol. The Labute approximate surface area is 72.4 Å². The lowest BCUT2D eigenvalue weighted by Crippen LogP contribution is -1.91. The lowest BCUT2D eigenvalue weighted by atomic mass is 10.1. The number of ether oxygens (including phenoxy) is 1. The maximum Gasteiger partial charge on any atom is 0.137 e. The standard InChI is InChI=1S/C10H11NO/c1-7-4-8(2)9(6-11)10(5-7)12-3/h4-5H,1-3H3. The lowest BCUT2D eigenvalue weighted by Gasteiger charge is -2.06. The third-order valence-electron chi connectivity index (χ3n) is 1.78. The van der Waals surface area contributed by atoms with Gasteiger partial charge in [-0.15, -0.1) is 0 Å². The second-order valence-corrected chi connectivity index (χ2v) is 2.77. The van der Waals surface area contributed by atoms with Gasteiger partial charge in [0, 0.05) is 0 Å². The van der Waals surface area contributed by atoms with Crippen LogP contribution in [0.3, 0.4) is 0 Å². The van der Waals surface area contributed by atoms with Crippen LogP contribution in [0.4, 0.5) is 0 Å². The Morgan fingerprint density at radius 1 is 1.33 bits per heavy atom. The van der Waals surface area contributed by atoms with Gasteiger partial charge >= 0.3 is 0 Å². The average molecular weight is 161 g/mol. The van der Waals surface area contributed by atoms with Crippen LogP contribution in [-0.2, 0) is 0 Å². The number of rotatable bonds is 1. The molecule has 0 atom stereocenters. The van der Waals surface area contributed by atoms with Gasteiger partial charge in [0.15, 0.2) is 0 Å². The summed E-state index contributed by atoms with van der Waals surface area (Å²) in [5, 5.41) is 8.79. The van der Waals surface area contributed by atoms with E-state index in [1.54, 1.807) is 7.11 Å². The Bertz CT molecular complexity index is 336. The zero-order chi connectivity index (χ0) is 9.14. The Morgan fingerprint density at radius 3 is 2.50 bits per heavy atom. The second kappa shape index (κ2) is 3.27. The molecule has 0 amide bonds. The van der Waals surface area contributed by atoms with Crippen molar-refractivity contribution < 1.29 is 4.74 Å². The van der Waals surface area contributed by atoms with Crippen molar-refractivity contribution in [2.24, 2.45) is 0 Å². The van der Waals surface area contributed by atoms with Gasteiger partial charge in [0.2, 0.25) is 0 Å². The van der Waals surface area contributed by atoms with Crippen molar-refractivity contribution in [2.45, 2.75) is 13.8 Å². The first-order valence-electron chi connectivity index (χ1n) is 3.74. The smallest absolute Gasteiger partial charge is 0.137 e. The molecule has 12 heavy (non-hydrogen) atoms. The second-order valence-electron chi connectivity index (χ2n) is 2.77. The molecule has 0 bridgehead atoms. The Kier molecular flexibility index (Phi) is 2.35.